The number of hydrogen-bond acceptors (Lipinski definition) is 1. The molecule has 0 aromatic heterocycles. The quantitative estimate of drug-likeness (QED) is 0.311. The van der Waals surface area contributed by atoms with E-state index in [0.717, 1.165) is 24.7 Å². The van der Waals surface area contributed by atoms with Crippen LogP contribution in [0.2, 0.25) is 0 Å². The fourth-order valence-corrected chi connectivity index (χ4v) is 3.57. The van der Waals surface area contributed by atoms with Crippen molar-refractivity contribution in [3.05, 3.63) is 41.5 Å². The molecule has 0 saturated carbocycles. The van der Waals surface area contributed by atoms with Crippen LogP contribution in [0.3, 0.4) is 0 Å². The van der Waals surface area contributed by atoms with Gasteiger partial charge in [0.1, 0.15) is 5.75 Å². The average Bonchev–Trinajstić information content (AvgIpc) is 2.64. The standard InChI is InChI=1S/C23H36O/c1-3-5-6-7-8-20-9-11-21(12-10-20)13-14-22-15-17-23(18-16-22)24-19-4-2/h11,15-18,20H,3-10,12-14,19H2,1-2H3. The highest BCUT2D eigenvalue weighted by atomic mass is 16.5. The highest BCUT2D eigenvalue weighted by molar-refractivity contribution is 5.28. The number of hydrogen-bond donors (Lipinski definition) is 0. The number of ether oxygens (including phenoxy) is 1. The SMILES string of the molecule is CCCCCCC1CC=C(CCc2ccc(OCCC)cc2)CC1. The average molecular weight is 329 g/mol. The first-order chi connectivity index (χ1) is 11.8. The minimum Gasteiger partial charge on any atom is -0.494 e. The van der Waals surface area contributed by atoms with Gasteiger partial charge in [-0.1, -0.05) is 69.7 Å². The largest absolute Gasteiger partial charge is 0.494 e. The Bertz CT molecular complexity index is 471. The molecule has 0 heterocycles. The highest BCUT2D eigenvalue weighted by Gasteiger charge is 2.14. The van der Waals surface area contributed by atoms with Crippen molar-refractivity contribution in [1.29, 1.82) is 0 Å². The lowest BCUT2D eigenvalue weighted by Crippen LogP contribution is -2.06. The third kappa shape index (κ3) is 7.11. The molecule has 1 atom stereocenters. The van der Waals surface area contributed by atoms with E-state index >= 15 is 0 Å². The third-order valence-electron chi connectivity index (χ3n) is 5.21. The molecule has 1 aromatic carbocycles. The molecule has 2 rings (SSSR count). The number of unbranched alkanes of at least 4 members (excludes halogenated alkanes) is 3. The molecule has 1 aliphatic carbocycles. The van der Waals surface area contributed by atoms with Gasteiger partial charge < -0.3 is 4.74 Å². The maximum atomic E-state index is 5.65. The van der Waals surface area contributed by atoms with Crippen LogP contribution < -0.4 is 4.74 Å². The summed E-state index contributed by atoms with van der Waals surface area (Å²) in [5, 5.41) is 0. The minimum absolute atomic E-state index is 0.811. The zero-order valence-corrected chi connectivity index (χ0v) is 15.9. The van der Waals surface area contributed by atoms with Crippen molar-refractivity contribution < 1.29 is 4.74 Å². The number of aryl methyl sites for hydroxylation is 1. The number of rotatable bonds is 11. The van der Waals surface area contributed by atoms with Gasteiger partial charge in [-0.25, -0.2) is 0 Å². The Balaban J connectivity index is 1.66. The maximum absolute atomic E-state index is 5.65. The second-order valence-electron chi connectivity index (χ2n) is 7.34. The summed E-state index contributed by atoms with van der Waals surface area (Å²) >= 11 is 0. The Morgan fingerprint density at radius 3 is 2.46 bits per heavy atom. The first-order valence-corrected chi connectivity index (χ1v) is 10.2. The summed E-state index contributed by atoms with van der Waals surface area (Å²) in [5.41, 5.74) is 3.12. The van der Waals surface area contributed by atoms with E-state index in [1.807, 2.05) is 0 Å². The summed E-state index contributed by atoms with van der Waals surface area (Å²) in [6, 6.07) is 8.69. The maximum Gasteiger partial charge on any atom is 0.119 e. The smallest absolute Gasteiger partial charge is 0.119 e. The number of benzene rings is 1. The van der Waals surface area contributed by atoms with Crippen LogP contribution in [0.1, 0.15) is 83.6 Å². The molecule has 0 amide bonds. The van der Waals surface area contributed by atoms with Crippen LogP contribution in [0.15, 0.2) is 35.9 Å². The fraction of sp³-hybridized carbons (Fsp3) is 0.652. The Hall–Kier alpha value is -1.24. The number of allylic oxidation sites excluding steroid dienone is 2. The summed E-state index contributed by atoms with van der Waals surface area (Å²) in [4.78, 5) is 0. The van der Waals surface area contributed by atoms with Crippen molar-refractivity contribution in [2.75, 3.05) is 6.61 Å². The van der Waals surface area contributed by atoms with E-state index in [2.05, 4.69) is 44.2 Å². The van der Waals surface area contributed by atoms with Gasteiger partial charge in [-0.15, -0.1) is 0 Å². The van der Waals surface area contributed by atoms with Gasteiger partial charge in [0.15, 0.2) is 0 Å². The first kappa shape index (κ1) is 19.1. The van der Waals surface area contributed by atoms with Gasteiger partial charge in [0.2, 0.25) is 0 Å². The molecule has 1 unspecified atom stereocenters. The summed E-state index contributed by atoms with van der Waals surface area (Å²) in [5.74, 6) is 1.96. The molecule has 1 aliphatic rings. The lowest BCUT2D eigenvalue weighted by Gasteiger charge is -2.22. The van der Waals surface area contributed by atoms with Gasteiger partial charge in [0.25, 0.3) is 0 Å². The van der Waals surface area contributed by atoms with Crippen molar-refractivity contribution in [3.8, 4) is 5.75 Å². The second kappa shape index (κ2) is 11.3. The Morgan fingerprint density at radius 2 is 1.79 bits per heavy atom. The second-order valence-corrected chi connectivity index (χ2v) is 7.34. The van der Waals surface area contributed by atoms with Crippen molar-refractivity contribution in [3.63, 3.8) is 0 Å². The van der Waals surface area contributed by atoms with Gasteiger partial charge in [-0.05, 0) is 62.1 Å². The van der Waals surface area contributed by atoms with Crippen molar-refractivity contribution in [2.24, 2.45) is 5.92 Å². The molecule has 0 saturated heterocycles. The normalized spacial score (nSPS) is 17.6. The van der Waals surface area contributed by atoms with Crippen LogP contribution >= 0.6 is 0 Å². The molecule has 1 aromatic rings. The monoisotopic (exact) mass is 328 g/mol. The van der Waals surface area contributed by atoms with E-state index in [4.69, 9.17) is 4.74 Å². The van der Waals surface area contributed by atoms with Crippen LogP contribution in [-0.4, -0.2) is 6.61 Å². The first-order valence-electron chi connectivity index (χ1n) is 10.2. The summed E-state index contributed by atoms with van der Waals surface area (Å²) in [6.45, 7) is 5.25. The molecule has 1 nitrogen and oxygen atoms in total. The highest BCUT2D eigenvalue weighted by Crippen LogP contribution is 2.30. The lowest BCUT2D eigenvalue weighted by molar-refractivity contribution is 0.317. The van der Waals surface area contributed by atoms with Crippen molar-refractivity contribution in [1.82, 2.24) is 0 Å². The Kier molecular flexibility index (Phi) is 9.02. The third-order valence-corrected chi connectivity index (χ3v) is 5.21. The molecule has 0 aliphatic heterocycles. The molecule has 0 N–H and O–H groups in total. The van der Waals surface area contributed by atoms with E-state index in [0.29, 0.717) is 0 Å². The molecule has 0 bridgehead atoms. The van der Waals surface area contributed by atoms with Crippen LogP contribution in [-0.2, 0) is 6.42 Å². The van der Waals surface area contributed by atoms with Crippen molar-refractivity contribution in [2.45, 2.75) is 84.5 Å². The predicted octanol–water partition coefficient (Wildman–Crippen LogP) is 7.10. The summed E-state index contributed by atoms with van der Waals surface area (Å²) < 4.78 is 5.65. The van der Waals surface area contributed by atoms with Crippen LogP contribution in [0, 0.1) is 5.92 Å². The van der Waals surface area contributed by atoms with Gasteiger partial charge in [0.05, 0.1) is 6.61 Å². The van der Waals surface area contributed by atoms with E-state index in [-0.39, 0.29) is 0 Å². The van der Waals surface area contributed by atoms with Gasteiger partial charge in [0, 0.05) is 0 Å². The Morgan fingerprint density at radius 1 is 0.958 bits per heavy atom. The van der Waals surface area contributed by atoms with Crippen LogP contribution in [0.5, 0.6) is 5.75 Å². The van der Waals surface area contributed by atoms with Crippen molar-refractivity contribution >= 4 is 0 Å². The van der Waals surface area contributed by atoms with E-state index in [9.17, 15) is 0 Å². The molecular weight excluding hydrogens is 292 g/mol. The van der Waals surface area contributed by atoms with E-state index < -0.39 is 0 Å². The fourth-order valence-electron chi connectivity index (χ4n) is 3.57. The molecule has 0 fully saturated rings. The molecule has 0 radical (unpaired) electrons. The predicted molar refractivity (Wildman–Crippen MR) is 105 cm³/mol. The molecule has 0 spiro atoms. The molecule has 1 heteroatoms. The lowest BCUT2D eigenvalue weighted by atomic mass is 9.84. The summed E-state index contributed by atoms with van der Waals surface area (Å²) in [7, 11) is 0. The van der Waals surface area contributed by atoms with Crippen LogP contribution in [0.4, 0.5) is 0 Å². The minimum atomic E-state index is 0.811. The molecule has 24 heavy (non-hydrogen) atoms. The summed E-state index contributed by atoms with van der Waals surface area (Å²) in [6.07, 6.45) is 17.2. The topological polar surface area (TPSA) is 9.23 Å². The zero-order valence-electron chi connectivity index (χ0n) is 15.9. The van der Waals surface area contributed by atoms with Gasteiger partial charge >= 0.3 is 0 Å². The Labute approximate surface area is 149 Å². The van der Waals surface area contributed by atoms with Gasteiger partial charge in [-0.3, -0.25) is 0 Å². The molecule has 134 valence electrons. The van der Waals surface area contributed by atoms with E-state index in [1.54, 1.807) is 5.57 Å². The van der Waals surface area contributed by atoms with E-state index in [1.165, 1.54) is 69.8 Å². The molecular formula is C23H36O. The van der Waals surface area contributed by atoms with Crippen LogP contribution in [0.25, 0.3) is 0 Å². The van der Waals surface area contributed by atoms with Gasteiger partial charge in [-0.2, -0.15) is 0 Å². The zero-order chi connectivity index (χ0) is 17.0.